The molecule has 0 radical (unpaired) electrons. The minimum atomic E-state index is -0.180. The molecule has 0 aromatic carbocycles. The highest BCUT2D eigenvalue weighted by atomic mass is 16.5. The molecule has 0 spiro atoms. The van der Waals surface area contributed by atoms with Crippen molar-refractivity contribution in [2.24, 2.45) is 0 Å². The van der Waals surface area contributed by atoms with E-state index in [-0.39, 0.29) is 5.60 Å². The van der Waals surface area contributed by atoms with Gasteiger partial charge in [0, 0.05) is 35.9 Å². The molecule has 1 fully saturated rings. The first kappa shape index (κ1) is 16.2. The zero-order valence-corrected chi connectivity index (χ0v) is 15.6. The molecule has 5 heterocycles. The van der Waals surface area contributed by atoms with Crippen LogP contribution in [-0.4, -0.2) is 55.1 Å². The average Bonchev–Trinajstić information content (AvgIpc) is 3.24. The second-order valence-corrected chi connectivity index (χ2v) is 7.58. The Bertz CT molecular complexity index is 1140. The van der Waals surface area contributed by atoms with Crippen molar-refractivity contribution in [1.29, 1.82) is 0 Å². The molecular weight excluding hydrogens is 342 g/mol. The van der Waals surface area contributed by atoms with E-state index in [0.717, 1.165) is 46.9 Å². The van der Waals surface area contributed by atoms with Crippen molar-refractivity contribution in [2.75, 3.05) is 24.6 Å². The van der Waals surface area contributed by atoms with Gasteiger partial charge in [-0.2, -0.15) is 5.10 Å². The molecule has 0 bridgehead atoms. The number of nitrogens with zero attached hydrogens (tertiary/aromatic N) is 6. The van der Waals surface area contributed by atoms with Gasteiger partial charge in [0.05, 0.1) is 24.1 Å². The molecule has 1 saturated heterocycles. The lowest BCUT2D eigenvalue weighted by molar-refractivity contribution is -0.0279. The lowest BCUT2D eigenvalue weighted by Crippen LogP contribution is -2.48. The van der Waals surface area contributed by atoms with E-state index in [1.165, 1.54) is 0 Å². The lowest BCUT2D eigenvalue weighted by Gasteiger charge is -2.38. The van der Waals surface area contributed by atoms with Gasteiger partial charge in [0.25, 0.3) is 0 Å². The number of nitrogens with one attached hydrogen (secondary N) is 1. The fraction of sp³-hybridized carbons (Fsp3) is 0.368. The smallest absolute Gasteiger partial charge is 0.181 e. The third kappa shape index (κ3) is 2.73. The number of fused-ring (bicyclic) bond motifs is 2. The first-order chi connectivity index (χ1) is 13.0. The van der Waals surface area contributed by atoms with Crippen molar-refractivity contribution in [1.82, 2.24) is 29.8 Å². The normalized spacial score (nSPS) is 17.1. The van der Waals surface area contributed by atoms with Crippen molar-refractivity contribution in [3.05, 3.63) is 36.3 Å². The second-order valence-electron chi connectivity index (χ2n) is 7.58. The van der Waals surface area contributed by atoms with Crippen LogP contribution in [0.1, 0.15) is 19.5 Å². The largest absolute Gasteiger partial charge is 0.372 e. The number of rotatable bonds is 2. The molecule has 4 aromatic heterocycles. The number of hydrogen-bond acceptors (Lipinski definition) is 6. The SMILES string of the molecule is Cc1[nH]nc2ncc(-c3cnc4ccc(N5CCOC(C)(C)C5)nn34)cc12. The predicted octanol–water partition coefficient (Wildman–Crippen LogP) is 2.59. The monoisotopic (exact) mass is 363 g/mol. The summed E-state index contributed by atoms with van der Waals surface area (Å²) in [5.41, 5.74) is 4.22. The Morgan fingerprint density at radius 2 is 2.07 bits per heavy atom. The van der Waals surface area contributed by atoms with Crippen LogP contribution in [0, 0.1) is 6.92 Å². The van der Waals surface area contributed by atoms with E-state index in [9.17, 15) is 0 Å². The predicted molar refractivity (Wildman–Crippen MR) is 103 cm³/mol. The fourth-order valence-corrected chi connectivity index (χ4v) is 3.60. The van der Waals surface area contributed by atoms with Gasteiger partial charge in [0.15, 0.2) is 11.3 Å². The Hall–Kier alpha value is -3.00. The molecule has 4 aromatic rings. The van der Waals surface area contributed by atoms with Gasteiger partial charge >= 0.3 is 0 Å². The van der Waals surface area contributed by atoms with Crippen molar-refractivity contribution >= 4 is 22.5 Å². The van der Waals surface area contributed by atoms with Gasteiger partial charge in [-0.1, -0.05) is 0 Å². The van der Waals surface area contributed by atoms with E-state index in [4.69, 9.17) is 9.84 Å². The maximum absolute atomic E-state index is 5.82. The van der Waals surface area contributed by atoms with E-state index in [1.54, 1.807) is 0 Å². The molecule has 0 unspecified atom stereocenters. The van der Waals surface area contributed by atoms with Crippen molar-refractivity contribution in [3.63, 3.8) is 0 Å². The number of aryl methyl sites for hydroxylation is 1. The highest BCUT2D eigenvalue weighted by molar-refractivity contribution is 5.82. The zero-order chi connectivity index (χ0) is 18.6. The molecule has 1 N–H and O–H groups in total. The molecule has 8 heteroatoms. The van der Waals surface area contributed by atoms with Crippen LogP contribution in [0.4, 0.5) is 5.82 Å². The third-order valence-electron chi connectivity index (χ3n) is 4.99. The van der Waals surface area contributed by atoms with E-state index in [2.05, 4.69) is 45.0 Å². The minimum Gasteiger partial charge on any atom is -0.372 e. The number of anilines is 1. The Labute approximate surface area is 156 Å². The van der Waals surface area contributed by atoms with Gasteiger partial charge < -0.3 is 9.64 Å². The molecular formula is C19H21N7O. The highest BCUT2D eigenvalue weighted by Crippen LogP contribution is 2.26. The maximum atomic E-state index is 5.82. The number of H-pyrrole nitrogens is 1. The number of hydrogen-bond donors (Lipinski definition) is 1. The number of imidazole rings is 1. The Balaban J connectivity index is 1.59. The van der Waals surface area contributed by atoms with E-state index < -0.39 is 0 Å². The topological polar surface area (TPSA) is 84.2 Å². The molecule has 0 atom stereocenters. The Kier molecular flexibility index (Phi) is 3.45. The van der Waals surface area contributed by atoms with Crippen molar-refractivity contribution in [3.8, 4) is 11.3 Å². The van der Waals surface area contributed by atoms with Crippen LogP contribution >= 0.6 is 0 Å². The molecule has 0 saturated carbocycles. The Morgan fingerprint density at radius 3 is 2.93 bits per heavy atom. The molecule has 8 nitrogen and oxygen atoms in total. The van der Waals surface area contributed by atoms with Crippen molar-refractivity contribution < 1.29 is 4.74 Å². The number of morpholine rings is 1. The fourth-order valence-electron chi connectivity index (χ4n) is 3.60. The summed E-state index contributed by atoms with van der Waals surface area (Å²) in [6.07, 6.45) is 3.66. The van der Waals surface area contributed by atoms with Gasteiger partial charge in [-0.25, -0.2) is 14.5 Å². The summed E-state index contributed by atoms with van der Waals surface area (Å²) in [7, 11) is 0. The van der Waals surface area contributed by atoms with Crippen LogP contribution in [0.3, 0.4) is 0 Å². The quantitative estimate of drug-likeness (QED) is 0.589. The van der Waals surface area contributed by atoms with Crippen LogP contribution in [-0.2, 0) is 4.74 Å². The number of ether oxygens (including phenoxy) is 1. The summed E-state index contributed by atoms with van der Waals surface area (Å²) in [6.45, 7) is 8.53. The van der Waals surface area contributed by atoms with Gasteiger partial charge in [0.1, 0.15) is 5.82 Å². The summed E-state index contributed by atoms with van der Waals surface area (Å²) < 4.78 is 7.71. The molecule has 0 amide bonds. The molecule has 0 aliphatic carbocycles. The summed E-state index contributed by atoms with van der Waals surface area (Å²) >= 11 is 0. The van der Waals surface area contributed by atoms with Gasteiger partial charge in [-0.3, -0.25) is 5.10 Å². The molecule has 5 rings (SSSR count). The van der Waals surface area contributed by atoms with Crippen LogP contribution in [0.2, 0.25) is 0 Å². The summed E-state index contributed by atoms with van der Waals surface area (Å²) in [4.78, 5) is 11.2. The molecule has 1 aliphatic heterocycles. The summed E-state index contributed by atoms with van der Waals surface area (Å²) in [6, 6.07) is 6.11. The van der Waals surface area contributed by atoms with Gasteiger partial charge in [-0.05, 0) is 39.0 Å². The summed E-state index contributed by atoms with van der Waals surface area (Å²) in [5, 5.41) is 13.0. The van der Waals surface area contributed by atoms with Crippen molar-refractivity contribution in [2.45, 2.75) is 26.4 Å². The second kappa shape index (κ2) is 5.75. The Morgan fingerprint density at radius 1 is 1.19 bits per heavy atom. The standard InChI is InChI=1S/C19H21N7O/c1-12-14-8-13(9-21-18(14)23-22-12)15-10-20-16-4-5-17(24-26(15)16)25-6-7-27-19(2,3)11-25/h4-5,8-10H,6-7,11H2,1-3H3,(H,21,22,23). The number of aromatic nitrogens is 6. The lowest BCUT2D eigenvalue weighted by atomic mass is 10.1. The first-order valence-electron chi connectivity index (χ1n) is 9.05. The third-order valence-corrected chi connectivity index (χ3v) is 4.99. The van der Waals surface area contributed by atoms with E-state index in [0.29, 0.717) is 12.3 Å². The van der Waals surface area contributed by atoms with Crippen LogP contribution in [0.5, 0.6) is 0 Å². The highest BCUT2D eigenvalue weighted by Gasteiger charge is 2.28. The number of aromatic amines is 1. The van der Waals surface area contributed by atoms with Gasteiger partial charge in [0.2, 0.25) is 0 Å². The first-order valence-corrected chi connectivity index (χ1v) is 9.05. The maximum Gasteiger partial charge on any atom is 0.181 e. The van der Waals surface area contributed by atoms with Crippen LogP contribution < -0.4 is 4.90 Å². The van der Waals surface area contributed by atoms with Gasteiger partial charge in [-0.15, -0.1) is 5.10 Å². The molecule has 27 heavy (non-hydrogen) atoms. The minimum absolute atomic E-state index is 0.180. The molecule has 138 valence electrons. The van der Waals surface area contributed by atoms with E-state index >= 15 is 0 Å². The van der Waals surface area contributed by atoms with Crippen LogP contribution in [0.15, 0.2) is 30.6 Å². The van der Waals surface area contributed by atoms with Crippen LogP contribution in [0.25, 0.3) is 27.9 Å². The molecule has 1 aliphatic rings. The summed E-state index contributed by atoms with van der Waals surface area (Å²) in [5.74, 6) is 0.923. The average molecular weight is 363 g/mol. The number of pyridine rings is 1. The van der Waals surface area contributed by atoms with E-state index in [1.807, 2.05) is 36.0 Å². The zero-order valence-electron chi connectivity index (χ0n) is 15.6.